The molecule has 0 aromatic heterocycles. The van der Waals surface area contributed by atoms with E-state index in [-0.39, 0.29) is 34.9 Å². The van der Waals surface area contributed by atoms with E-state index in [0.29, 0.717) is 36.4 Å². The summed E-state index contributed by atoms with van der Waals surface area (Å²) in [5, 5.41) is 33.0. The molecule has 2 aromatic carbocycles. The molecule has 0 aliphatic carbocycles. The van der Waals surface area contributed by atoms with Gasteiger partial charge in [-0.2, -0.15) is 36.6 Å². The number of amidine groups is 1. The van der Waals surface area contributed by atoms with Gasteiger partial charge >= 0.3 is 12.4 Å². The molecule has 0 unspecified atom stereocenters. The molecule has 2 aliphatic rings. The summed E-state index contributed by atoms with van der Waals surface area (Å²) >= 11 is 1.13. The maximum absolute atomic E-state index is 13.5. The number of hydrogen-bond acceptors (Lipinski definition) is 8. The Hall–Kier alpha value is -3.87. The van der Waals surface area contributed by atoms with Gasteiger partial charge in [-0.1, -0.05) is 12.1 Å². The van der Waals surface area contributed by atoms with Gasteiger partial charge < -0.3 is 20.6 Å². The van der Waals surface area contributed by atoms with Crippen molar-refractivity contribution in [2.75, 3.05) is 31.6 Å². The molecular weight excluding hydrogens is 574 g/mol. The number of aliphatic hydroxyl groups is 1. The largest absolute Gasteiger partial charge is 0.416 e. The summed E-state index contributed by atoms with van der Waals surface area (Å²) in [5.74, 6) is -0.495. The number of nitriles is 1. The highest BCUT2D eigenvalue weighted by Crippen LogP contribution is 2.38. The van der Waals surface area contributed by atoms with E-state index in [1.54, 1.807) is 6.07 Å². The van der Waals surface area contributed by atoms with Gasteiger partial charge in [0.25, 0.3) is 5.91 Å². The van der Waals surface area contributed by atoms with Crippen LogP contribution >= 0.6 is 11.8 Å². The van der Waals surface area contributed by atoms with Crippen molar-refractivity contribution in [3.05, 3.63) is 69.1 Å². The number of carbonyl (C=O) groups excluding carboxylic acids is 1. The first-order chi connectivity index (χ1) is 19.3. The van der Waals surface area contributed by atoms with Gasteiger partial charge in [0.05, 0.1) is 22.6 Å². The fourth-order valence-corrected chi connectivity index (χ4v) is 5.19. The summed E-state index contributed by atoms with van der Waals surface area (Å²) in [7, 11) is 0. The van der Waals surface area contributed by atoms with Crippen LogP contribution in [0.5, 0.6) is 0 Å². The lowest BCUT2D eigenvalue weighted by molar-refractivity contribution is -0.143. The number of aliphatic imine (C=N–C) groups is 1. The second-order valence-electron chi connectivity index (χ2n) is 9.10. The summed E-state index contributed by atoms with van der Waals surface area (Å²) in [6.07, 6.45) is -8.50. The average molecular weight is 597 g/mol. The minimum Gasteiger partial charge on any atom is -0.395 e. The number of carbonyl (C=O) groups is 1. The molecule has 15 heteroatoms. The number of benzene rings is 2. The van der Waals surface area contributed by atoms with E-state index in [4.69, 9.17) is 5.41 Å². The third kappa shape index (κ3) is 7.07. The molecule has 216 valence electrons. The zero-order valence-corrected chi connectivity index (χ0v) is 21.8. The summed E-state index contributed by atoms with van der Waals surface area (Å²) in [5.41, 5.74) is -3.34. The highest BCUT2D eigenvalue weighted by Gasteiger charge is 2.38. The van der Waals surface area contributed by atoms with Gasteiger partial charge in [-0.25, -0.2) is 0 Å². The van der Waals surface area contributed by atoms with Crippen molar-refractivity contribution in [1.29, 1.82) is 10.7 Å². The Bertz CT molecular complexity index is 1460. The van der Waals surface area contributed by atoms with Crippen molar-refractivity contribution in [2.45, 2.75) is 24.9 Å². The van der Waals surface area contributed by atoms with Gasteiger partial charge in [-0.15, -0.1) is 0 Å². The number of aliphatic hydroxyl groups excluding tert-OH is 1. The molecule has 8 nitrogen and oxygen atoms in total. The molecule has 4 rings (SSSR count). The van der Waals surface area contributed by atoms with Gasteiger partial charge in [-0.05, 0) is 53.2 Å². The predicted molar refractivity (Wildman–Crippen MR) is 141 cm³/mol. The number of piperazine rings is 1. The molecule has 1 amide bonds. The van der Waals surface area contributed by atoms with Crippen LogP contribution in [0.25, 0.3) is 6.08 Å². The molecule has 1 fully saturated rings. The van der Waals surface area contributed by atoms with Crippen LogP contribution in [0.4, 0.5) is 32.0 Å². The molecule has 1 atom stereocenters. The van der Waals surface area contributed by atoms with E-state index in [1.807, 2.05) is 4.90 Å². The van der Waals surface area contributed by atoms with Crippen LogP contribution in [0.15, 0.2) is 46.3 Å². The number of halogens is 6. The number of hydrogen-bond donors (Lipinski definition) is 4. The van der Waals surface area contributed by atoms with E-state index in [9.17, 15) is 41.5 Å². The second-order valence-corrected chi connectivity index (χ2v) is 10.1. The van der Waals surface area contributed by atoms with Crippen LogP contribution in [0, 0.1) is 16.7 Å². The molecule has 41 heavy (non-hydrogen) atoms. The third-order valence-electron chi connectivity index (χ3n) is 6.29. The number of alkyl halides is 6. The van der Waals surface area contributed by atoms with Crippen LogP contribution < -0.4 is 10.6 Å². The number of rotatable bonds is 6. The fraction of sp³-hybridized carbons (Fsp3) is 0.308. The Balaban J connectivity index is 1.56. The zero-order valence-electron chi connectivity index (χ0n) is 21.0. The van der Waals surface area contributed by atoms with Crippen LogP contribution in [-0.4, -0.2) is 59.1 Å². The number of thioether (sulfide) groups is 1. The number of amides is 1. The van der Waals surface area contributed by atoms with Gasteiger partial charge in [0.1, 0.15) is 11.8 Å². The van der Waals surface area contributed by atoms with Crippen molar-refractivity contribution in [3.8, 4) is 6.07 Å². The molecule has 2 heterocycles. The topological polar surface area (TPSA) is 125 Å². The van der Waals surface area contributed by atoms with Gasteiger partial charge in [-0.3, -0.25) is 10.2 Å². The Morgan fingerprint density at radius 3 is 2.63 bits per heavy atom. The highest BCUT2D eigenvalue weighted by atomic mass is 32.2. The lowest BCUT2D eigenvalue weighted by atomic mass is 10.0. The third-order valence-corrected chi connectivity index (χ3v) is 7.33. The summed E-state index contributed by atoms with van der Waals surface area (Å²) in [6, 6.07) is 7.14. The summed E-state index contributed by atoms with van der Waals surface area (Å²) in [6.45, 7) is 1.03. The SMILES string of the molecule is N#CC(=N)c1cc(/C=C2\SC(N3CCN[C@H](CO)C3)=NC2=O)ccc1NCc1ccc(C(F)(F)F)cc1C(F)(F)F. The predicted octanol–water partition coefficient (Wildman–Crippen LogP) is 4.46. The van der Waals surface area contributed by atoms with Crippen molar-refractivity contribution >= 4 is 40.3 Å². The van der Waals surface area contributed by atoms with Gasteiger partial charge in [0, 0.05) is 43.5 Å². The zero-order chi connectivity index (χ0) is 29.9. The fourth-order valence-electron chi connectivity index (χ4n) is 4.24. The standard InChI is InChI=1S/C26H22F6N6O2S/c27-25(28,29)16-3-2-15(19(9-16)26(30,31)32)11-36-21-4-1-14(7-18(21)20(34)10-33)8-22-23(40)37-24(41-22)38-6-5-35-17(12-38)13-39/h1-4,7-9,17,34-36,39H,5-6,11-13H2/b22-8-,34-20?/t17-/m0/s1. The van der Waals surface area contributed by atoms with Crippen molar-refractivity contribution in [2.24, 2.45) is 4.99 Å². The van der Waals surface area contributed by atoms with E-state index in [2.05, 4.69) is 15.6 Å². The Kier molecular flexibility index (Phi) is 8.76. The highest BCUT2D eigenvalue weighted by molar-refractivity contribution is 8.18. The molecular formula is C26H22F6N6O2S. The van der Waals surface area contributed by atoms with Crippen molar-refractivity contribution in [1.82, 2.24) is 10.2 Å². The molecule has 0 radical (unpaired) electrons. The second kappa shape index (κ2) is 11.9. The average Bonchev–Trinajstić information content (AvgIpc) is 3.30. The maximum Gasteiger partial charge on any atom is 0.416 e. The molecule has 4 N–H and O–H groups in total. The first-order valence-electron chi connectivity index (χ1n) is 12.1. The van der Waals surface area contributed by atoms with E-state index < -0.39 is 47.2 Å². The molecule has 0 saturated carbocycles. The van der Waals surface area contributed by atoms with Crippen LogP contribution in [-0.2, 0) is 23.7 Å². The van der Waals surface area contributed by atoms with E-state index in [0.717, 1.165) is 17.8 Å². The maximum atomic E-state index is 13.5. The summed E-state index contributed by atoms with van der Waals surface area (Å²) in [4.78, 5) is 18.8. The minimum atomic E-state index is -5.05. The first kappa shape index (κ1) is 30.1. The molecule has 2 aromatic rings. The normalized spacial score (nSPS) is 18.8. The Morgan fingerprint density at radius 1 is 1.22 bits per heavy atom. The molecule has 0 bridgehead atoms. The number of nitrogens with zero attached hydrogens (tertiary/aromatic N) is 3. The monoisotopic (exact) mass is 596 g/mol. The molecule has 2 aliphatic heterocycles. The number of nitrogens with one attached hydrogen (secondary N) is 3. The molecule has 1 saturated heterocycles. The Morgan fingerprint density at radius 2 is 1.98 bits per heavy atom. The van der Waals surface area contributed by atoms with Gasteiger partial charge in [0.15, 0.2) is 5.17 Å². The van der Waals surface area contributed by atoms with E-state index in [1.165, 1.54) is 24.3 Å². The lowest BCUT2D eigenvalue weighted by Crippen LogP contribution is -2.53. The van der Waals surface area contributed by atoms with E-state index >= 15 is 0 Å². The van der Waals surface area contributed by atoms with Crippen molar-refractivity contribution < 1.29 is 36.2 Å². The van der Waals surface area contributed by atoms with Crippen LogP contribution in [0.3, 0.4) is 0 Å². The Labute approximate surface area is 234 Å². The van der Waals surface area contributed by atoms with Crippen LogP contribution in [0.1, 0.15) is 27.8 Å². The number of anilines is 1. The quantitative estimate of drug-likeness (QED) is 0.221. The van der Waals surface area contributed by atoms with Crippen molar-refractivity contribution in [3.63, 3.8) is 0 Å². The summed E-state index contributed by atoms with van der Waals surface area (Å²) < 4.78 is 79.6. The van der Waals surface area contributed by atoms with Crippen LogP contribution in [0.2, 0.25) is 0 Å². The minimum absolute atomic E-state index is 0.0202. The lowest BCUT2D eigenvalue weighted by Gasteiger charge is -2.33. The molecule has 0 spiro atoms. The van der Waals surface area contributed by atoms with Gasteiger partial charge in [0.2, 0.25) is 0 Å². The first-order valence-corrected chi connectivity index (χ1v) is 12.9. The smallest absolute Gasteiger partial charge is 0.395 e.